The van der Waals surface area contributed by atoms with E-state index in [0.29, 0.717) is 11.8 Å². The molecule has 2 unspecified atom stereocenters. The number of nitrogens with zero attached hydrogens (tertiary/aromatic N) is 2. The molecule has 2 N–H and O–H groups in total. The highest BCUT2D eigenvalue weighted by Crippen LogP contribution is 2.39. The number of aromatic nitrogens is 2. The van der Waals surface area contributed by atoms with E-state index in [1.54, 1.807) is 0 Å². The van der Waals surface area contributed by atoms with Crippen LogP contribution in [-0.4, -0.2) is 16.2 Å². The van der Waals surface area contributed by atoms with Gasteiger partial charge in [0.2, 0.25) is 5.89 Å². The highest BCUT2D eigenvalue weighted by molar-refractivity contribution is 5.07. The van der Waals surface area contributed by atoms with E-state index in [9.17, 15) is 0 Å². The molecule has 0 bridgehead atoms. The molecule has 1 aromatic rings. The molecule has 82 valence electrons. The van der Waals surface area contributed by atoms with Gasteiger partial charge < -0.3 is 10.3 Å². The van der Waals surface area contributed by atoms with Crippen LogP contribution in [0.2, 0.25) is 0 Å². The molecule has 15 heavy (non-hydrogen) atoms. The lowest BCUT2D eigenvalue weighted by Crippen LogP contribution is -2.31. The molecule has 2 aliphatic carbocycles. The van der Waals surface area contributed by atoms with E-state index < -0.39 is 0 Å². The lowest BCUT2D eigenvalue weighted by atomic mass is 9.85. The van der Waals surface area contributed by atoms with Crippen LogP contribution in [0.25, 0.3) is 0 Å². The van der Waals surface area contributed by atoms with Crippen molar-refractivity contribution >= 4 is 0 Å². The van der Waals surface area contributed by atoms with E-state index in [0.717, 1.165) is 24.6 Å². The molecular weight excluding hydrogens is 190 g/mol. The van der Waals surface area contributed by atoms with Gasteiger partial charge in [0.05, 0.1) is 5.92 Å². The maximum atomic E-state index is 6.08. The van der Waals surface area contributed by atoms with Crippen LogP contribution in [0.5, 0.6) is 0 Å². The summed E-state index contributed by atoms with van der Waals surface area (Å²) in [5, 5.41) is 4.05. The van der Waals surface area contributed by atoms with Crippen molar-refractivity contribution in [1.82, 2.24) is 10.1 Å². The quantitative estimate of drug-likeness (QED) is 0.804. The Labute approximate surface area is 89.2 Å². The number of rotatable bonds is 2. The molecule has 0 spiro atoms. The van der Waals surface area contributed by atoms with E-state index in [2.05, 4.69) is 10.1 Å². The normalized spacial score (nSPS) is 31.8. The molecule has 1 heterocycles. The van der Waals surface area contributed by atoms with Crippen molar-refractivity contribution in [3.63, 3.8) is 0 Å². The van der Waals surface area contributed by atoms with Gasteiger partial charge >= 0.3 is 0 Å². The molecule has 2 fully saturated rings. The van der Waals surface area contributed by atoms with Gasteiger partial charge in [-0.05, 0) is 25.7 Å². The van der Waals surface area contributed by atoms with Crippen molar-refractivity contribution in [1.29, 1.82) is 0 Å². The predicted molar refractivity (Wildman–Crippen MR) is 55.5 cm³/mol. The summed E-state index contributed by atoms with van der Waals surface area (Å²) in [5.41, 5.74) is 6.08. The van der Waals surface area contributed by atoms with Crippen molar-refractivity contribution in [3.05, 3.63) is 11.7 Å². The average molecular weight is 207 g/mol. The highest BCUT2D eigenvalue weighted by Gasteiger charge is 2.32. The van der Waals surface area contributed by atoms with Crippen LogP contribution in [0.3, 0.4) is 0 Å². The van der Waals surface area contributed by atoms with Gasteiger partial charge in [-0.3, -0.25) is 0 Å². The second kappa shape index (κ2) is 3.59. The van der Waals surface area contributed by atoms with Crippen molar-refractivity contribution < 1.29 is 4.52 Å². The maximum Gasteiger partial charge on any atom is 0.231 e. The van der Waals surface area contributed by atoms with E-state index in [4.69, 9.17) is 10.3 Å². The van der Waals surface area contributed by atoms with Crippen molar-refractivity contribution in [3.8, 4) is 0 Å². The largest absolute Gasteiger partial charge is 0.339 e. The molecule has 1 aromatic heterocycles. The first kappa shape index (κ1) is 9.33. The van der Waals surface area contributed by atoms with Crippen LogP contribution in [0.4, 0.5) is 0 Å². The third-order valence-electron chi connectivity index (χ3n) is 3.54. The third-order valence-corrected chi connectivity index (χ3v) is 3.54. The van der Waals surface area contributed by atoms with Crippen LogP contribution in [-0.2, 0) is 0 Å². The van der Waals surface area contributed by atoms with E-state index in [1.807, 2.05) is 0 Å². The Kier molecular flexibility index (Phi) is 2.24. The second-order valence-electron chi connectivity index (χ2n) is 4.82. The summed E-state index contributed by atoms with van der Waals surface area (Å²) < 4.78 is 5.33. The van der Waals surface area contributed by atoms with Crippen LogP contribution in [0.15, 0.2) is 4.52 Å². The molecule has 0 radical (unpaired) electrons. The first-order chi connectivity index (χ1) is 7.34. The zero-order chi connectivity index (χ0) is 10.3. The molecule has 2 saturated carbocycles. The van der Waals surface area contributed by atoms with Crippen LogP contribution < -0.4 is 5.73 Å². The Morgan fingerprint density at radius 3 is 2.67 bits per heavy atom. The SMILES string of the molecule is NC1CCCCC1c1nc(C2CC2)no1. The molecule has 3 rings (SSSR count). The van der Waals surface area contributed by atoms with Crippen molar-refractivity contribution in [2.75, 3.05) is 0 Å². The predicted octanol–water partition coefficient (Wildman–Crippen LogP) is 1.93. The Balaban J connectivity index is 1.78. The monoisotopic (exact) mass is 207 g/mol. The van der Waals surface area contributed by atoms with E-state index in [-0.39, 0.29) is 6.04 Å². The summed E-state index contributed by atoms with van der Waals surface area (Å²) in [4.78, 5) is 4.49. The number of nitrogens with two attached hydrogens (primary N) is 1. The lowest BCUT2D eigenvalue weighted by molar-refractivity contribution is 0.289. The molecule has 0 saturated heterocycles. The van der Waals surface area contributed by atoms with Gasteiger partial charge in [0, 0.05) is 12.0 Å². The van der Waals surface area contributed by atoms with Gasteiger partial charge in [-0.15, -0.1) is 0 Å². The summed E-state index contributed by atoms with van der Waals surface area (Å²) in [5.74, 6) is 2.56. The van der Waals surface area contributed by atoms with E-state index in [1.165, 1.54) is 25.7 Å². The summed E-state index contributed by atoms with van der Waals surface area (Å²) in [6, 6.07) is 0.214. The van der Waals surface area contributed by atoms with Crippen LogP contribution >= 0.6 is 0 Å². The smallest absolute Gasteiger partial charge is 0.231 e. The molecule has 2 aliphatic rings. The van der Waals surface area contributed by atoms with Gasteiger partial charge in [-0.2, -0.15) is 4.98 Å². The summed E-state index contributed by atoms with van der Waals surface area (Å²) in [6.45, 7) is 0. The van der Waals surface area contributed by atoms with Crippen LogP contribution in [0.1, 0.15) is 62.1 Å². The van der Waals surface area contributed by atoms with Crippen molar-refractivity contribution in [2.45, 2.75) is 56.4 Å². The molecular formula is C11H17N3O. The van der Waals surface area contributed by atoms with Gasteiger partial charge in [-0.25, -0.2) is 0 Å². The minimum absolute atomic E-state index is 0.214. The Morgan fingerprint density at radius 2 is 1.93 bits per heavy atom. The summed E-state index contributed by atoms with van der Waals surface area (Å²) >= 11 is 0. The zero-order valence-electron chi connectivity index (χ0n) is 8.85. The maximum absolute atomic E-state index is 6.08. The fourth-order valence-corrected chi connectivity index (χ4v) is 2.37. The Bertz CT molecular complexity index is 345. The first-order valence-electron chi connectivity index (χ1n) is 5.93. The second-order valence-corrected chi connectivity index (χ2v) is 4.82. The Hall–Kier alpha value is -0.900. The first-order valence-corrected chi connectivity index (χ1v) is 5.93. The topological polar surface area (TPSA) is 64.9 Å². The molecule has 4 heteroatoms. The number of hydrogen-bond donors (Lipinski definition) is 1. The fourth-order valence-electron chi connectivity index (χ4n) is 2.37. The fraction of sp³-hybridized carbons (Fsp3) is 0.818. The minimum atomic E-state index is 0.214. The molecule has 0 aliphatic heterocycles. The zero-order valence-corrected chi connectivity index (χ0v) is 8.85. The summed E-state index contributed by atoms with van der Waals surface area (Å²) in [7, 11) is 0. The number of hydrogen-bond acceptors (Lipinski definition) is 4. The molecule has 0 aromatic carbocycles. The molecule has 0 amide bonds. The standard InChI is InChI=1S/C11H17N3O/c12-9-4-2-1-3-8(9)11-13-10(14-15-11)7-5-6-7/h7-9H,1-6,12H2. The average Bonchev–Trinajstić information content (AvgIpc) is 2.99. The van der Waals surface area contributed by atoms with Crippen LogP contribution in [0, 0.1) is 0 Å². The molecule has 2 atom stereocenters. The highest BCUT2D eigenvalue weighted by atomic mass is 16.5. The van der Waals surface area contributed by atoms with Crippen molar-refractivity contribution in [2.24, 2.45) is 5.73 Å². The lowest BCUT2D eigenvalue weighted by Gasteiger charge is -2.25. The van der Waals surface area contributed by atoms with Gasteiger partial charge in [0.25, 0.3) is 0 Å². The third kappa shape index (κ3) is 1.78. The van der Waals surface area contributed by atoms with Gasteiger partial charge in [0.1, 0.15) is 0 Å². The van der Waals surface area contributed by atoms with Gasteiger partial charge in [-0.1, -0.05) is 18.0 Å². The van der Waals surface area contributed by atoms with E-state index >= 15 is 0 Å². The molecule has 4 nitrogen and oxygen atoms in total. The summed E-state index contributed by atoms with van der Waals surface area (Å²) in [6.07, 6.45) is 7.10. The minimum Gasteiger partial charge on any atom is -0.339 e. The Morgan fingerprint density at radius 1 is 1.13 bits per heavy atom. The van der Waals surface area contributed by atoms with Gasteiger partial charge in [0.15, 0.2) is 5.82 Å².